The maximum atomic E-state index is 11.1. The Morgan fingerprint density at radius 3 is 2.18 bits per heavy atom. The Morgan fingerprint density at radius 2 is 1.59 bits per heavy atom. The van der Waals surface area contributed by atoms with Gasteiger partial charge in [-0.15, -0.1) is 0 Å². The van der Waals surface area contributed by atoms with Gasteiger partial charge < -0.3 is 9.84 Å². The van der Waals surface area contributed by atoms with Gasteiger partial charge in [0.1, 0.15) is 0 Å². The second-order valence-electron chi connectivity index (χ2n) is 3.90. The first kappa shape index (κ1) is 18.2. The minimum atomic E-state index is -0.562. The van der Waals surface area contributed by atoms with Crippen molar-refractivity contribution in [2.45, 2.75) is 0 Å². The molecule has 0 bridgehead atoms. The van der Waals surface area contributed by atoms with E-state index in [1.54, 1.807) is 6.07 Å². The summed E-state index contributed by atoms with van der Waals surface area (Å²) in [6, 6.07) is 4.37. The molecule has 2 rings (SSSR count). The number of halogens is 5. The molecule has 0 heterocycles. The highest BCUT2D eigenvalue weighted by atomic mass is 79.9. The molecule has 0 aliphatic carbocycles. The molecule has 0 amide bonds. The first-order valence-corrected chi connectivity index (χ1v) is 9.37. The number of benzene rings is 2. The predicted octanol–water partition coefficient (Wildman–Crippen LogP) is 6.91. The number of hydrogen-bond acceptors (Lipinski definition) is 4. The molecule has 0 saturated heterocycles. The van der Waals surface area contributed by atoms with E-state index in [9.17, 15) is 15.2 Å². The number of nitrogens with zero attached hydrogens (tertiary/aromatic N) is 1. The van der Waals surface area contributed by atoms with Crippen LogP contribution in [0.25, 0.3) is 0 Å². The van der Waals surface area contributed by atoms with Crippen molar-refractivity contribution < 1.29 is 14.8 Å². The van der Waals surface area contributed by atoms with Crippen molar-refractivity contribution in [3.63, 3.8) is 0 Å². The Balaban J connectivity index is 2.60. The number of ether oxygens (including phenoxy) is 1. The third-order valence-electron chi connectivity index (χ3n) is 2.53. The molecule has 10 heteroatoms. The highest BCUT2D eigenvalue weighted by Gasteiger charge is 2.24. The lowest BCUT2D eigenvalue weighted by Gasteiger charge is -2.14. The van der Waals surface area contributed by atoms with Crippen LogP contribution in [-0.2, 0) is 0 Å². The second-order valence-corrected chi connectivity index (χ2v) is 7.99. The molecular weight excluding hydrogens is 622 g/mol. The predicted molar refractivity (Wildman–Crippen MR) is 99.8 cm³/mol. The van der Waals surface area contributed by atoms with Crippen molar-refractivity contribution in [2.24, 2.45) is 0 Å². The average Bonchev–Trinajstić information content (AvgIpc) is 2.48. The van der Waals surface area contributed by atoms with E-state index < -0.39 is 4.92 Å². The lowest BCUT2D eigenvalue weighted by molar-refractivity contribution is -0.385. The van der Waals surface area contributed by atoms with Crippen molar-refractivity contribution in [2.75, 3.05) is 0 Å². The number of hydrogen-bond donors (Lipinski definition) is 1. The van der Waals surface area contributed by atoms with Gasteiger partial charge in [0.25, 0.3) is 0 Å². The summed E-state index contributed by atoms with van der Waals surface area (Å²) >= 11 is 16.3. The molecule has 22 heavy (non-hydrogen) atoms. The molecule has 0 unspecified atom stereocenters. The first-order chi connectivity index (χ1) is 10.2. The molecule has 0 spiro atoms. The van der Waals surface area contributed by atoms with Crippen molar-refractivity contribution in [1.82, 2.24) is 0 Å². The van der Waals surface area contributed by atoms with Crippen LogP contribution in [-0.4, -0.2) is 10.0 Å². The van der Waals surface area contributed by atoms with Gasteiger partial charge in [-0.2, -0.15) is 0 Å². The summed E-state index contributed by atoms with van der Waals surface area (Å²) in [4.78, 5) is 10.6. The van der Waals surface area contributed by atoms with E-state index >= 15 is 0 Å². The molecule has 0 saturated carbocycles. The first-order valence-electron chi connectivity index (χ1n) is 5.40. The topological polar surface area (TPSA) is 72.6 Å². The molecule has 0 fully saturated rings. The van der Waals surface area contributed by atoms with E-state index in [0.29, 0.717) is 22.4 Å². The molecule has 1 N–H and O–H groups in total. The third-order valence-corrected chi connectivity index (χ3v) is 7.73. The normalized spacial score (nSPS) is 10.6. The van der Waals surface area contributed by atoms with Gasteiger partial charge in [-0.25, -0.2) is 0 Å². The van der Waals surface area contributed by atoms with Crippen LogP contribution >= 0.6 is 79.6 Å². The average molecular weight is 626 g/mol. The lowest BCUT2D eigenvalue weighted by Crippen LogP contribution is -1.95. The Kier molecular flexibility index (Phi) is 5.92. The van der Waals surface area contributed by atoms with Gasteiger partial charge >= 0.3 is 5.69 Å². The van der Waals surface area contributed by atoms with E-state index in [-0.39, 0.29) is 22.9 Å². The molecule has 2 aromatic rings. The Morgan fingerprint density at radius 1 is 1.00 bits per heavy atom. The third kappa shape index (κ3) is 3.50. The fourth-order valence-electron chi connectivity index (χ4n) is 1.52. The van der Waals surface area contributed by atoms with Gasteiger partial charge in [0.2, 0.25) is 5.75 Å². The number of nitro benzene ring substituents is 1. The number of phenols is 1. The van der Waals surface area contributed by atoms with Crippen molar-refractivity contribution >= 4 is 85.3 Å². The van der Waals surface area contributed by atoms with Crippen molar-refractivity contribution in [1.29, 1.82) is 0 Å². The Hall–Kier alpha value is -0.160. The quantitative estimate of drug-likeness (QED) is 0.174. The van der Waals surface area contributed by atoms with E-state index in [4.69, 9.17) is 4.74 Å². The maximum absolute atomic E-state index is 11.1. The monoisotopic (exact) mass is 621 g/mol. The van der Waals surface area contributed by atoms with Crippen LogP contribution in [0.4, 0.5) is 5.69 Å². The summed E-state index contributed by atoms with van der Waals surface area (Å²) in [5, 5.41) is 21.3. The van der Waals surface area contributed by atoms with Crippen LogP contribution in [0.2, 0.25) is 0 Å². The molecule has 116 valence electrons. The number of aromatic hydroxyl groups is 1. The summed E-state index contributed by atoms with van der Waals surface area (Å²) < 4.78 is 8.05. The van der Waals surface area contributed by atoms with Gasteiger partial charge in [-0.1, -0.05) is 15.9 Å². The van der Waals surface area contributed by atoms with Crippen LogP contribution < -0.4 is 4.74 Å². The fourth-order valence-corrected chi connectivity index (χ4v) is 4.01. The smallest absolute Gasteiger partial charge is 0.312 e. The van der Waals surface area contributed by atoms with Gasteiger partial charge in [0.15, 0.2) is 11.5 Å². The molecule has 0 aliphatic heterocycles. The molecule has 2 aromatic carbocycles. The van der Waals surface area contributed by atoms with Gasteiger partial charge in [-0.05, 0) is 75.9 Å². The summed E-state index contributed by atoms with van der Waals surface area (Å²) in [5.41, 5.74) is -0.226. The van der Waals surface area contributed by atoms with Gasteiger partial charge in [0.05, 0.1) is 22.8 Å². The van der Waals surface area contributed by atoms with Crippen molar-refractivity contribution in [3.05, 3.63) is 50.7 Å². The highest BCUT2D eigenvalue weighted by Crippen LogP contribution is 2.51. The Bertz CT molecular complexity index is 752. The van der Waals surface area contributed by atoms with E-state index in [1.165, 1.54) is 12.1 Å². The molecule has 0 radical (unpaired) electrons. The zero-order valence-corrected chi connectivity index (χ0v) is 18.2. The zero-order chi connectivity index (χ0) is 16.6. The zero-order valence-electron chi connectivity index (χ0n) is 10.2. The molecule has 5 nitrogen and oxygen atoms in total. The van der Waals surface area contributed by atoms with Gasteiger partial charge in [0, 0.05) is 10.5 Å². The summed E-state index contributed by atoms with van der Waals surface area (Å²) in [7, 11) is 0. The highest BCUT2D eigenvalue weighted by molar-refractivity contribution is 9.15. The summed E-state index contributed by atoms with van der Waals surface area (Å²) in [6.07, 6.45) is 0. The molecular formula is C12H4Br5NO4. The lowest BCUT2D eigenvalue weighted by atomic mass is 10.3. The number of rotatable bonds is 3. The van der Waals surface area contributed by atoms with Crippen LogP contribution in [0, 0.1) is 10.1 Å². The number of nitro groups is 1. The van der Waals surface area contributed by atoms with Crippen LogP contribution in [0.3, 0.4) is 0 Å². The second kappa shape index (κ2) is 7.16. The minimum Gasteiger partial charge on any atom is -0.503 e. The Labute approximate surface area is 166 Å². The minimum absolute atomic E-state index is 0.00493. The van der Waals surface area contributed by atoms with Crippen molar-refractivity contribution in [3.8, 4) is 17.2 Å². The van der Waals surface area contributed by atoms with Gasteiger partial charge in [-0.3, -0.25) is 10.1 Å². The number of phenolic OH excluding ortho intramolecular Hbond substituents is 1. The summed E-state index contributed by atoms with van der Waals surface area (Å²) in [5.74, 6) is -0.142. The summed E-state index contributed by atoms with van der Waals surface area (Å²) in [6.45, 7) is 0. The van der Waals surface area contributed by atoms with Crippen LogP contribution in [0.5, 0.6) is 17.2 Å². The van der Waals surface area contributed by atoms with E-state index in [1.807, 2.05) is 0 Å². The molecule has 0 atom stereocenters. The largest absolute Gasteiger partial charge is 0.503 e. The molecule has 0 aliphatic rings. The van der Waals surface area contributed by atoms with Crippen LogP contribution in [0.15, 0.2) is 40.6 Å². The fraction of sp³-hybridized carbons (Fsp3) is 0. The van der Waals surface area contributed by atoms with Crippen LogP contribution in [0.1, 0.15) is 0 Å². The van der Waals surface area contributed by atoms with E-state index in [2.05, 4.69) is 79.6 Å². The maximum Gasteiger partial charge on any atom is 0.312 e. The SMILES string of the molecule is O=[N+]([O-])c1cc(Br)ccc1Oc1c(O)c(Br)c(Br)c(Br)c1Br. The standard InChI is InChI=1S/C12H4Br5NO4/c13-4-1-2-6(5(3-4)18(20)21)22-12-10(17)8(15)7(14)9(16)11(12)19/h1-3,19H. The van der Waals surface area contributed by atoms with E-state index in [0.717, 1.165) is 0 Å². The molecule has 0 aromatic heterocycles.